The highest BCUT2D eigenvalue weighted by atomic mass is 28.4. The summed E-state index contributed by atoms with van der Waals surface area (Å²) in [6, 6.07) is 7.37. The zero-order valence-corrected chi connectivity index (χ0v) is 31.4. The van der Waals surface area contributed by atoms with Crippen LogP contribution in [0.4, 0.5) is 0 Å². The van der Waals surface area contributed by atoms with Crippen LogP contribution < -0.4 is 11.1 Å². The van der Waals surface area contributed by atoms with Crippen molar-refractivity contribution in [2.75, 3.05) is 0 Å². The minimum absolute atomic E-state index is 0.00878. The smallest absolute Gasteiger partial charge is 0.273 e. The highest BCUT2D eigenvalue weighted by Gasteiger charge is 2.53. The third-order valence-electron chi connectivity index (χ3n) is 13.5. The van der Waals surface area contributed by atoms with Gasteiger partial charge in [-0.2, -0.15) is 0 Å². The molecule has 0 amide bonds. The van der Waals surface area contributed by atoms with Crippen molar-refractivity contribution in [3.8, 4) is 0 Å². The molecule has 1 aliphatic heterocycles. The van der Waals surface area contributed by atoms with E-state index in [0.717, 1.165) is 25.7 Å². The van der Waals surface area contributed by atoms with Gasteiger partial charge in [0.1, 0.15) is 0 Å². The number of benzene rings is 1. The van der Waals surface area contributed by atoms with Crippen LogP contribution in [0.5, 0.6) is 0 Å². The van der Waals surface area contributed by atoms with Crippen LogP contribution in [0, 0.1) is 35.0 Å². The third-order valence-corrected chi connectivity index (χ3v) is 18.0. The minimum Gasteiger partial charge on any atom is -0.414 e. The first-order valence-electron chi connectivity index (χ1n) is 18.4. The van der Waals surface area contributed by atoms with Gasteiger partial charge in [-0.3, -0.25) is 9.59 Å². The molecule has 0 radical (unpaired) electrons. The molecule has 46 heavy (non-hydrogen) atoms. The molecule has 252 valence electrons. The van der Waals surface area contributed by atoms with Crippen molar-refractivity contribution in [1.82, 2.24) is 9.36 Å². The van der Waals surface area contributed by atoms with Gasteiger partial charge in [0.05, 0.1) is 22.9 Å². The Hall–Kier alpha value is -2.18. The van der Waals surface area contributed by atoms with Gasteiger partial charge in [0.15, 0.2) is 8.32 Å². The molecule has 0 saturated heterocycles. The molecule has 6 heteroatoms. The fourth-order valence-electron chi connectivity index (χ4n) is 10.1. The van der Waals surface area contributed by atoms with Gasteiger partial charge in [0, 0.05) is 12.0 Å². The molecule has 5 nitrogen and oxygen atoms in total. The summed E-state index contributed by atoms with van der Waals surface area (Å²) in [5, 5.41) is 1.25. The molecule has 3 aliphatic carbocycles. The molecule has 6 rings (SSSR count). The number of fused-ring (bicyclic) bond motifs is 5. The topological polar surface area (TPSA) is 53.2 Å². The summed E-state index contributed by atoms with van der Waals surface area (Å²) in [5.41, 5.74) is 3.33. The summed E-state index contributed by atoms with van der Waals surface area (Å²) in [6.45, 7) is 23.6. The van der Waals surface area contributed by atoms with Gasteiger partial charge < -0.3 is 4.43 Å². The highest BCUT2D eigenvalue weighted by Crippen LogP contribution is 2.61. The van der Waals surface area contributed by atoms with E-state index in [1.807, 2.05) is 33.6 Å². The van der Waals surface area contributed by atoms with Crippen LogP contribution in [-0.2, 0) is 4.43 Å². The number of allylic oxidation sites excluding steroid dienone is 4. The fraction of sp³-hybridized carbons (Fsp3) is 0.700. The summed E-state index contributed by atoms with van der Waals surface area (Å²) in [7, 11) is -1.96. The predicted octanol–water partition coefficient (Wildman–Crippen LogP) is 9.83. The summed E-state index contributed by atoms with van der Waals surface area (Å²) in [5.74, 6) is 2.54. The lowest BCUT2D eigenvalue weighted by atomic mass is 9.60. The number of hydrogen-bond acceptors (Lipinski definition) is 3. The van der Waals surface area contributed by atoms with Gasteiger partial charge in [-0.1, -0.05) is 83.9 Å². The van der Waals surface area contributed by atoms with Crippen LogP contribution >= 0.6 is 0 Å². The van der Waals surface area contributed by atoms with Crippen LogP contribution in [0.2, 0.25) is 18.1 Å². The van der Waals surface area contributed by atoms with Crippen molar-refractivity contribution < 1.29 is 4.43 Å². The molecular weight excluding hydrogens is 585 g/mol. The van der Waals surface area contributed by atoms with Crippen molar-refractivity contribution in [3.63, 3.8) is 0 Å². The van der Waals surface area contributed by atoms with E-state index in [0.29, 0.717) is 34.4 Å². The van der Waals surface area contributed by atoms with Crippen molar-refractivity contribution in [2.24, 2.45) is 35.0 Å². The molecule has 0 N–H and O–H groups in total. The summed E-state index contributed by atoms with van der Waals surface area (Å²) in [4.78, 5) is 28.5. The van der Waals surface area contributed by atoms with Gasteiger partial charge >= 0.3 is 0 Å². The molecule has 0 spiro atoms. The minimum atomic E-state index is -1.96. The lowest BCUT2D eigenvalue weighted by Crippen LogP contribution is -2.46. The fourth-order valence-corrected chi connectivity index (χ4v) is 11.5. The van der Waals surface area contributed by atoms with Gasteiger partial charge in [-0.15, -0.1) is 0 Å². The second kappa shape index (κ2) is 12.1. The van der Waals surface area contributed by atoms with Crippen LogP contribution in [-0.4, -0.2) is 23.8 Å². The molecule has 1 aromatic carbocycles. The Morgan fingerprint density at radius 1 is 1.00 bits per heavy atom. The molecule has 0 bridgehead atoms. The molecule has 8 atom stereocenters. The maximum atomic E-state index is 14.3. The van der Waals surface area contributed by atoms with Crippen molar-refractivity contribution in [1.29, 1.82) is 0 Å². The van der Waals surface area contributed by atoms with Crippen LogP contribution in [0.25, 0.3) is 10.8 Å². The molecule has 1 aromatic heterocycles. The summed E-state index contributed by atoms with van der Waals surface area (Å²) < 4.78 is 10.8. The van der Waals surface area contributed by atoms with Gasteiger partial charge in [-0.25, -0.2) is 9.36 Å². The third kappa shape index (κ3) is 5.57. The Kier molecular flexibility index (Phi) is 8.83. The van der Waals surface area contributed by atoms with Gasteiger partial charge in [0.25, 0.3) is 11.1 Å². The first-order valence-corrected chi connectivity index (χ1v) is 21.3. The summed E-state index contributed by atoms with van der Waals surface area (Å²) in [6.07, 6.45) is 13.9. The number of aromatic nitrogens is 2. The van der Waals surface area contributed by atoms with E-state index in [-0.39, 0.29) is 45.7 Å². The molecule has 2 aromatic rings. The Morgan fingerprint density at radius 2 is 1.65 bits per heavy atom. The number of nitrogens with zero attached hydrogens (tertiary/aromatic N) is 2. The molecular formula is C40H60N2O3Si. The maximum Gasteiger partial charge on any atom is 0.273 e. The van der Waals surface area contributed by atoms with E-state index < -0.39 is 8.32 Å². The lowest BCUT2D eigenvalue weighted by Gasteiger charge is -2.45. The second-order valence-electron chi connectivity index (χ2n) is 17.7. The van der Waals surface area contributed by atoms with Crippen LogP contribution in [0.1, 0.15) is 119 Å². The first kappa shape index (κ1) is 33.7. The molecule has 4 aliphatic rings. The Balaban J connectivity index is 1.42. The monoisotopic (exact) mass is 644 g/mol. The Bertz CT molecular complexity index is 1650. The highest BCUT2D eigenvalue weighted by molar-refractivity contribution is 6.74. The first-order chi connectivity index (χ1) is 21.5. The van der Waals surface area contributed by atoms with Crippen LogP contribution in [0.15, 0.2) is 57.2 Å². The largest absolute Gasteiger partial charge is 0.414 e. The maximum absolute atomic E-state index is 14.3. The average molecular weight is 645 g/mol. The van der Waals surface area contributed by atoms with E-state index in [9.17, 15) is 9.59 Å². The second-order valence-corrected chi connectivity index (χ2v) is 22.4. The van der Waals surface area contributed by atoms with E-state index in [4.69, 9.17) is 4.43 Å². The molecule has 3 saturated carbocycles. The predicted molar refractivity (Wildman–Crippen MR) is 194 cm³/mol. The summed E-state index contributed by atoms with van der Waals surface area (Å²) >= 11 is 0. The Morgan fingerprint density at radius 3 is 2.28 bits per heavy atom. The zero-order valence-electron chi connectivity index (χ0n) is 30.4. The van der Waals surface area contributed by atoms with Crippen LogP contribution in [0.3, 0.4) is 0 Å². The van der Waals surface area contributed by atoms with Crippen molar-refractivity contribution >= 4 is 19.1 Å². The molecule has 3 fully saturated rings. The van der Waals surface area contributed by atoms with E-state index in [2.05, 4.69) is 80.6 Å². The van der Waals surface area contributed by atoms with E-state index in [1.54, 1.807) is 11.1 Å². The van der Waals surface area contributed by atoms with Crippen molar-refractivity contribution in [3.05, 3.63) is 68.3 Å². The van der Waals surface area contributed by atoms with E-state index >= 15 is 0 Å². The SMILES string of the molecule is C/C(=C\C(C)C)[C@H](C)[C@@H]1CC[C@@H]2/C(=C/[C@@H]3[C@@H]4C[C@H](O[Si](C)(C)C(C)(C)C)CC[C@H]4n4c(=O)c5ccccc5c(=O)n43)CCC[C@]21C. The number of rotatable bonds is 6. The van der Waals surface area contributed by atoms with Gasteiger partial charge in [0.2, 0.25) is 0 Å². The van der Waals surface area contributed by atoms with Gasteiger partial charge in [-0.05, 0) is 118 Å². The Labute approximate surface area is 278 Å². The average Bonchev–Trinajstić information content (AvgIpc) is 3.49. The van der Waals surface area contributed by atoms with Crippen molar-refractivity contribution in [2.45, 2.75) is 143 Å². The number of hydrogen-bond donors (Lipinski definition) is 0. The normalized spacial score (nSPS) is 33.4. The zero-order chi connectivity index (χ0) is 33.3. The molecule has 0 unspecified atom stereocenters. The lowest BCUT2D eigenvalue weighted by molar-refractivity contribution is 0.0850. The quantitative estimate of drug-likeness (QED) is 0.232. The molecule has 2 heterocycles. The van der Waals surface area contributed by atoms with E-state index in [1.165, 1.54) is 25.7 Å². The standard InChI is InChI=1S/C40H60N2O3Si/c1-25(2)22-26(3)27(4)33-18-19-34-28(14-13-21-40(33,34)8)23-36-32-24-29(45-46(9,10)39(5,6)7)17-20-35(32)41-37(43)30-15-11-12-16-31(30)38(44)42(36)41/h11-12,15-16,22-23,25,27,29,32-36H,13-14,17-21,24H2,1-10H3/b26-22+,28-23+/t27-,29+,32+,33-,34+,35+,36+,40-/m0/s1.